The molecule has 138 valence electrons. The highest BCUT2D eigenvalue weighted by molar-refractivity contribution is 5.93. The third kappa shape index (κ3) is 6.56. The fourth-order valence-electron chi connectivity index (χ4n) is 1.83. The fraction of sp³-hybridized carbons (Fsp3) is 0.462. The van der Waals surface area contributed by atoms with E-state index < -0.39 is 54.9 Å². The van der Waals surface area contributed by atoms with Crippen molar-refractivity contribution in [3.05, 3.63) is 18.2 Å². The summed E-state index contributed by atoms with van der Waals surface area (Å²) in [6.45, 7) is -0.704. The van der Waals surface area contributed by atoms with Crippen molar-refractivity contribution >= 4 is 23.8 Å². The molecule has 0 bridgehead atoms. The Balaban J connectivity index is 2.81. The zero-order chi connectivity index (χ0) is 19.0. The lowest BCUT2D eigenvalue weighted by Crippen LogP contribution is -2.56. The number of aliphatic hydroxyl groups excluding tert-OH is 1. The molecule has 0 saturated carbocycles. The molecule has 1 heterocycles. The maximum Gasteiger partial charge on any atom is 0.326 e. The van der Waals surface area contributed by atoms with Gasteiger partial charge in [-0.15, -0.1) is 0 Å². The van der Waals surface area contributed by atoms with Crippen LogP contribution in [-0.2, 0) is 25.6 Å². The maximum atomic E-state index is 12.2. The first-order valence-electron chi connectivity index (χ1n) is 7.13. The number of aliphatic hydroxyl groups is 1. The van der Waals surface area contributed by atoms with Crippen LogP contribution in [0.1, 0.15) is 12.1 Å². The number of imidazole rings is 1. The van der Waals surface area contributed by atoms with E-state index in [1.807, 2.05) is 0 Å². The molecule has 0 aliphatic heterocycles. The second-order valence-electron chi connectivity index (χ2n) is 5.13. The van der Waals surface area contributed by atoms with Gasteiger partial charge in [0.2, 0.25) is 11.8 Å². The Morgan fingerprint density at radius 3 is 2.28 bits per heavy atom. The van der Waals surface area contributed by atoms with Crippen molar-refractivity contribution < 1.29 is 34.5 Å². The van der Waals surface area contributed by atoms with Gasteiger partial charge in [0, 0.05) is 18.3 Å². The van der Waals surface area contributed by atoms with Gasteiger partial charge in [0.15, 0.2) is 0 Å². The van der Waals surface area contributed by atoms with Crippen molar-refractivity contribution in [2.24, 2.45) is 5.73 Å². The van der Waals surface area contributed by atoms with Crippen molar-refractivity contribution in [3.8, 4) is 0 Å². The summed E-state index contributed by atoms with van der Waals surface area (Å²) >= 11 is 0. The molecule has 25 heavy (non-hydrogen) atoms. The van der Waals surface area contributed by atoms with Crippen LogP contribution in [0.2, 0.25) is 0 Å². The Labute approximate surface area is 141 Å². The predicted molar refractivity (Wildman–Crippen MR) is 81.1 cm³/mol. The normalized spacial score (nSPS) is 14.2. The second kappa shape index (κ2) is 9.34. The number of carboxylic acids is 2. The average molecular weight is 357 g/mol. The summed E-state index contributed by atoms with van der Waals surface area (Å²) in [5.74, 6) is -4.69. The van der Waals surface area contributed by atoms with Gasteiger partial charge in [0.25, 0.3) is 0 Å². The number of carboxylic acid groups (broad SMARTS) is 2. The van der Waals surface area contributed by atoms with Crippen LogP contribution in [0.4, 0.5) is 0 Å². The minimum Gasteiger partial charge on any atom is -0.481 e. The van der Waals surface area contributed by atoms with E-state index in [9.17, 15) is 24.3 Å². The molecule has 8 N–H and O–H groups in total. The van der Waals surface area contributed by atoms with Crippen LogP contribution in [0, 0.1) is 0 Å². The molecule has 12 nitrogen and oxygen atoms in total. The number of H-pyrrole nitrogens is 1. The number of hydrogen-bond donors (Lipinski definition) is 7. The van der Waals surface area contributed by atoms with Crippen LogP contribution in [0.15, 0.2) is 12.5 Å². The summed E-state index contributed by atoms with van der Waals surface area (Å²) in [6.07, 6.45) is 1.80. The van der Waals surface area contributed by atoms with E-state index >= 15 is 0 Å². The highest BCUT2D eigenvalue weighted by atomic mass is 16.4. The summed E-state index contributed by atoms with van der Waals surface area (Å²) in [5, 5.41) is 31.1. The summed E-state index contributed by atoms with van der Waals surface area (Å²) in [7, 11) is 0. The van der Waals surface area contributed by atoms with Gasteiger partial charge in [-0.2, -0.15) is 0 Å². The SMILES string of the molecule is NC(CO)C(=O)NC(CC(=O)O)C(=O)NC(Cc1cnc[nH]1)C(=O)O. The summed E-state index contributed by atoms with van der Waals surface area (Å²) in [5.41, 5.74) is 5.73. The Hall–Kier alpha value is -2.99. The van der Waals surface area contributed by atoms with Crippen LogP contribution in [0.3, 0.4) is 0 Å². The van der Waals surface area contributed by atoms with Crippen molar-refractivity contribution in [1.82, 2.24) is 20.6 Å². The minimum absolute atomic E-state index is 0.120. The van der Waals surface area contributed by atoms with Crippen LogP contribution >= 0.6 is 0 Å². The molecular formula is C13H19N5O7. The zero-order valence-electron chi connectivity index (χ0n) is 13.0. The highest BCUT2D eigenvalue weighted by Crippen LogP contribution is 2.01. The fourth-order valence-corrected chi connectivity index (χ4v) is 1.83. The van der Waals surface area contributed by atoms with Crippen LogP contribution in [0.25, 0.3) is 0 Å². The van der Waals surface area contributed by atoms with Gasteiger partial charge in [-0.05, 0) is 0 Å². The molecule has 1 aromatic rings. The maximum absolute atomic E-state index is 12.2. The molecule has 0 radical (unpaired) electrons. The van der Waals surface area contributed by atoms with Crippen LogP contribution < -0.4 is 16.4 Å². The van der Waals surface area contributed by atoms with Gasteiger partial charge < -0.3 is 36.7 Å². The number of hydrogen-bond acceptors (Lipinski definition) is 7. The lowest BCUT2D eigenvalue weighted by Gasteiger charge is -2.21. The molecule has 0 aliphatic carbocycles. The number of carbonyl (C=O) groups is 4. The third-order valence-electron chi connectivity index (χ3n) is 3.14. The summed E-state index contributed by atoms with van der Waals surface area (Å²) in [4.78, 5) is 52.4. The molecule has 0 spiro atoms. The molecule has 1 rings (SSSR count). The van der Waals surface area contributed by atoms with Gasteiger partial charge in [0.1, 0.15) is 18.1 Å². The highest BCUT2D eigenvalue weighted by Gasteiger charge is 2.29. The molecule has 0 aromatic carbocycles. The monoisotopic (exact) mass is 357 g/mol. The Morgan fingerprint density at radius 1 is 1.16 bits per heavy atom. The lowest BCUT2D eigenvalue weighted by atomic mass is 10.1. The van der Waals surface area contributed by atoms with Crippen molar-refractivity contribution in [1.29, 1.82) is 0 Å². The molecule has 3 atom stereocenters. The molecule has 3 unspecified atom stereocenters. The number of aromatic nitrogens is 2. The van der Waals surface area contributed by atoms with Gasteiger partial charge in [-0.25, -0.2) is 9.78 Å². The number of rotatable bonds is 10. The van der Waals surface area contributed by atoms with E-state index in [4.69, 9.17) is 15.9 Å². The Kier molecular flexibility index (Phi) is 7.49. The predicted octanol–water partition coefficient (Wildman–Crippen LogP) is -3.20. The Morgan fingerprint density at radius 2 is 1.80 bits per heavy atom. The van der Waals surface area contributed by atoms with Crippen molar-refractivity contribution in [3.63, 3.8) is 0 Å². The molecule has 12 heteroatoms. The number of aromatic amines is 1. The third-order valence-corrected chi connectivity index (χ3v) is 3.14. The van der Waals surface area contributed by atoms with E-state index in [2.05, 4.69) is 20.6 Å². The van der Waals surface area contributed by atoms with Crippen molar-refractivity contribution in [2.75, 3.05) is 6.61 Å². The number of nitrogens with two attached hydrogens (primary N) is 1. The van der Waals surface area contributed by atoms with Crippen LogP contribution in [0.5, 0.6) is 0 Å². The number of nitrogens with one attached hydrogen (secondary N) is 3. The van der Waals surface area contributed by atoms with E-state index in [1.165, 1.54) is 12.5 Å². The molecule has 0 aliphatic rings. The first-order valence-corrected chi connectivity index (χ1v) is 7.13. The van der Waals surface area contributed by atoms with E-state index in [0.717, 1.165) is 0 Å². The van der Waals surface area contributed by atoms with E-state index in [0.29, 0.717) is 5.69 Å². The van der Waals surface area contributed by atoms with Gasteiger partial charge in [-0.3, -0.25) is 14.4 Å². The Bertz CT molecular complexity index is 618. The first-order chi connectivity index (χ1) is 11.7. The average Bonchev–Trinajstić information content (AvgIpc) is 3.05. The molecule has 0 fully saturated rings. The molecule has 0 saturated heterocycles. The quantitative estimate of drug-likeness (QED) is 0.224. The second-order valence-corrected chi connectivity index (χ2v) is 5.13. The van der Waals surface area contributed by atoms with Gasteiger partial charge in [-0.1, -0.05) is 0 Å². The van der Waals surface area contributed by atoms with Crippen LogP contribution in [-0.4, -0.2) is 73.8 Å². The topological polar surface area (TPSA) is 208 Å². The molecular weight excluding hydrogens is 338 g/mol. The lowest BCUT2D eigenvalue weighted by molar-refractivity contribution is -0.143. The van der Waals surface area contributed by atoms with Gasteiger partial charge in [0.05, 0.1) is 19.4 Å². The van der Waals surface area contributed by atoms with E-state index in [-0.39, 0.29) is 6.42 Å². The molecule has 1 aromatic heterocycles. The van der Waals surface area contributed by atoms with E-state index in [1.54, 1.807) is 0 Å². The summed E-state index contributed by atoms with van der Waals surface area (Å²) < 4.78 is 0. The zero-order valence-corrected chi connectivity index (χ0v) is 13.0. The smallest absolute Gasteiger partial charge is 0.326 e. The van der Waals surface area contributed by atoms with Crippen molar-refractivity contribution in [2.45, 2.75) is 31.0 Å². The standard InChI is InChI=1S/C13H19N5O7/c14-7(4-19)11(22)17-8(2-10(20)21)12(23)18-9(13(24)25)1-6-3-15-5-16-6/h3,5,7-9,19H,1-2,4,14H2,(H,15,16)(H,17,22)(H,18,23)(H,20,21)(H,24,25). The summed E-state index contributed by atoms with van der Waals surface area (Å²) in [6, 6.07) is -4.26. The minimum atomic E-state index is -1.55. The van der Waals surface area contributed by atoms with Gasteiger partial charge >= 0.3 is 11.9 Å². The number of aliphatic carboxylic acids is 2. The first kappa shape index (κ1) is 20.1. The largest absolute Gasteiger partial charge is 0.481 e. The number of amides is 2. The number of carbonyl (C=O) groups excluding carboxylic acids is 2. The molecule has 2 amide bonds. The number of nitrogens with zero attached hydrogens (tertiary/aromatic N) is 1.